The lowest BCUT2D eigenvalue weighted by atomic mass is 10.1. The molecular formula is C17H18ClNO. The molecule has 2 aromatic carbocycles. The van der Waals surface area contributed by atoms with E-state index in [0.717, 1.165) is 31.3 Å². The van der Waals surface area contributed by atoms with Gasteiger partial charge in [-0.15, -0.1) is 0 Å². The number of benzene rings is 2. The van der Waals surface area contributed by atoms with Crippen molar-refractivity contribution in [2.24, 2.45) is 0 Å². The minimum Gasteiger partial charge on any atom is -0.371 e. The monoisotopic (exact) mass is 287 g/mol. The summed E-state index contributed by atoms with van der Waals surface area (Å²) in [5, 5.41) is 0.843. The first-order chi connectivity index (χ1) is 9.83. The summed E-state index contributed by atoms with van der Waals surface area (Å²) in [7, 11) is 0. The van der Waals surface area contributed by atoms with E-state index in [2.05, 4.69) is 35.2 Å². The van der Waals surface area contributed by atoms with E-state index in [1.807, 2.05) is 24.3 Å². The van der Waals surface area contributed by atoms with E-state index in [-0.39, 0.29) is 6.10 Å². The number of nitrogens with zero attached hydrogens (tertiary/aromatic N) is 1. The maximum absolute atomic E-state index is 6.24. The van der Waals surface area contributed by atoms with Gasteiger partial charge in [-0.1, -0.05) is 60.1 Å². The van der Waals surface area contributed by atoms with E-state index in [4.69, 9.17) is 16.3 Å². The summed E-state index contributed by atoms with van der Waals surface area (Å²) in [6.45, 7) is 3.51. The molecule has 1 unspecified atom stereocenters. The van der Waals surface area contributed by atoms with Crippen LogP contribution in [0.4, 0.5) is 0 Å². The Morgan fingerprint density at radius 1 is 1.05 bits per heavy atom. The van der Waals surface area contributed by atoms with E-state index in [1.165, 1.54) is 11.1 Å². The molecule has 0 bridgehead atoms. The van der Waals surface area contributed by atoms with Crippen molar-refractivity contribution < 1.29 is 4.74 Å². The third kappa shape index (κ3) is 3.21. The standard InChI is InChI=1S/C17H18ClNO/c18-16-9-5-4-8-15(16)12-19-10-11-20-17(13-19)14-6-2-1-3-7-14/h1-9,17H,10-13H2. The van der Waals surface area contributed by atoms with Crippen molar-refractivity contribution in [3.05, 3.63) is 70.7 Å². The second kappa shape index (κ2) is 6.40. The average molecular weight is 288 g/mol. The van der Waals surface area contributed by atoms with Crippen LogP contribution in [0.1, 0.15) is 17.2 Å². The first-order valence-corrected chi connectivity index (χ1v) is 7.33. The van der Waals surface area contributed by atoms with Gasteiger partial charge in [0, 0.05) is 24.7 Å². The number of ether oxygens (including phenoxy) is 1. The Bertz CT molecular complexity index is 558. The zero-order valence-corrected chi connectivity index (χ0v) is 12.1. The smallest absolute Gasteiger partial charge is 0.0952 e. The van der Waals surface area contributed by atoms with Crippen molar-refractivity contribution in [1.29, 1.82) is 0 Å². The van der Waals surface area contributed by atoms with Gasteiger partial charge in [0.1, 0.15) is 0 Å². The molecule has 0 spiro atoms. The average Bonchev–Trinajstić information content (AvgIpc) is 2.51. The molecule has 104 valence electrons. The molecule has 3 heteroatoms. The van der Waals surface area contributed by atoms with Gasteiger partial charge in [0.25, 0.3) is 0 Å². The molecule has 1 fully saturated rings. The molecular weight excluding hydrogens is 270 g/mol. The quantitative estimate of drug-likeness (QED) is 0.848. The van der Waals surface area contributed by atoms with E-state index in [1.54, 1.807) is 0 Å². The Hall–Kier alpha value is -1.35. The second-order valence-electron chi connectivity index (χ2n) is 5.10. The van der Waals surface area contributed by atoms with Crippen LogP contribution in [-0.4, -0.2) is 24.6 Å². The van der Waals surface area contributed by atoms with Crippen LogP contribution in [-0.2, 0) is 11.3 Å². The summed E-state index contributed by atoms with van der Waals surface area (Å²) in [4.78, 5) is 2.41. The van der Waals surface area contributed by atoms with Crippen molar-refractivity contribution in [3.8, 4) is 0 Å². The maximum Gasteiger partial charge on any atom is 0.0952 e. The third-order valence-corrected chi connectivity index (χ3v) is 4.04. The van der Waals surface area contributed by atoms with Crippen molar-refractivity contribution in [2.75, 3.05) is 19.7 Å². The molecule has 1 aliphatic heterocycles. The Labute approximate surface area is 124 Å². The molecule has 1 atom stereocenters. The number of morpholine rings is 1. The number of rotatable bonds is 3. The normalized spacial score (nSPS) is 19.9. The molecule has 2 aromatic rings. The molecule has 20 heavy (non-hydrogen) atoms. The Balaban J connectivity index is 1.68. The summed E-state index contributed by atoms with van der Waals surface area (Å²) in [5.74, 6) is 0. The van der Waals surface area contributed by atoms with Gasteiger partial charge in [0.2, 0.25) is 0 Å². The van der Waals surface area contributed by atoms with Gasteiger partial charge in [-0.3, -0.25) is 4.90 Å². The molecule has 0 aromatic heterocycles. The van der Waals surface area contributed by atoms with Gasteiger partial charge in [-0.2, -0.15) is 0 Å². The fourth-order valence-corrected chi connectivity index (χ4v) is 2.78. The van der Waals surface area contributed by atoms with Crippen molar-refractivity contribution >= 4 is 11.6 Å². The molecule has 2 nitrogen and oxygen atoms in total. The van der Waals surface area contributed by atoms with Gasteiger partial charge >= 0.3 is 0 Å². The molecule has 1 aliphatic rings. The fourth-order valence-electron chi connectivity index (χ4n) is 2.58. The predicted molar refractivity (Wildman–Crippen MR) is 81.9 cm³/mol. The van der Waals surface area contributed by atoms with Crippen LogP contribution in [0.25, 0.3) is 0 Å². The van der Waals surface area contributed by atoms with Gasteiger partial charge < -0.3 is 4.74 Å². The Morgan fingerprint density at radius 3 is 2.60 bits per heavy atom. The zero-order chi connectivity index (χ0) is 13.8. The van der Waals surface area contributed by atoms with Crippen LogP contribution in [0.3, 0.4) is 0 Å². The first kappa shape index (κ1) is 13.6. The van der Waals surface area contributed by atoms with Crippen LogP contribution < -0.4 is 0 Å². The third-order valence-electron chi connectivity index (χ3n) is 3.67. The lowest BCUT2D eigenvalue weighted by molar-refractivity contribution is -0.0329. The summed E-state index contributed by atoms with van der Waals surface area (Å²) in [5.41, 5.74) is 2.43. The lowest BCUT2D eigenvalue weighted by Gasteiger charge is -2.33. The van der Waals surface area contributed by atoms with Crippen LogP contribution in [0.15, 0.2) is 54.6 Å². The van der Waals surface area contributed by atoms with Crippen molar-refractivity contribution in [2.45, 2.75) is 12.6 Å². The van der Waals surface area contributed by atoms with Crippen LogP contribution in [0, 0.1) is 0 Å². The van der Waals surface area contributed by atoms with E-state index < -0.39 is 0 Å². The fraction of sp³-hybridized carbons (Fsp3) is 0.294. The minimum absolute atomic E-state index is 0.160. The van der Waals surface area contributed by atoms with Gasteiger partial charge in [0.05, 0.1) is 12.7 Å². The van der Waals surface area contributed by atoms with Gasteiger partial charge in [-0.25, -0.2) is 0 Å². The summed E-state index contributed by atoms with van der Waals surface area (Å²) in [6.07, 6.45) is 0.160. The summed E-state index contributed by atoms with van der Waals surface area (Å²) in [6, 6.07) is 18.5. The number of hydrogen-bond donors (Lipinski definition) is 0. The Kier molecular flexibility index (Phi) is 4.36. The largest absolute Gasteiger partial charge is 0.371 e. The Morgan fingerprint density at radius 2 is 1.80 bits per heavy atom. The summed E-state index contributed by atoms with van der Waals surface area (Å²) >= 11 is 6.24. The highest BCUT2D eigenvalue weighted by molar-refractivity contribution is 6.31. The lowest BCUT2D eigenvalue weighted by Crippen LogP contribution is -2.37. The molecule has 1 saturated heterocycles. The highest BCUT2D eigenvalue weighted by atomic mass is 35.5. The molecule has 0 amide bonds. The molecule has 0 radical (unpaired) electrons. The molecule has 0 saturated carbocycles. The first-order valence-electron chi connectivity index (χ1n) is 6.95. The topological polar surface area (TPSA) is 12.5 Å². The highest BCUT2D eigenvalue weighted by Crippen LogP contribution is 2.24. The molecule has 0 N–H and O–H groups in total. The predicted octanol–water partition coefficient (Wildman–Crippen LogP) is 3.91. The number of hydrogen-bond acceptors (Lipinski definition) is 2. The molecule has 3 rings (SSSR count). The summed E-state index contributed by atoms with van der Waals surface area (Å²) < 4.78 is 5.89. The minimum atomic E-state index is 0.160. The van der Waals surface area contributed by atoms with E-state index >= 15 is 0 Å². The molecule has 0 aliphatic carbocycles. The van der Waals surface area contributed by atoms with Crippen LogP contribution in [0.5, 0.6) is 0 Å². The van der Waals surface area contributed by atoms with Gasteiger partial charge in [-0.05, 0) is 17.2 Å². The van der Waals surface area contributed by atoms with E-state index in [9.17, 15) is 0 Å². The van der Waals surface area contributed by atoms with Crippen LogP contribution >= 0.6 is 11.6 Å². The zero-order valence-electron chi connectivity index (χ0n) is 11.3. The molecule has 1 heterocycles. The van der Waals surface area contributed by atoms with E-state index in [0.29, 0.717) is 0 Å². The second-order valence-corrected chi connectivity index (χ2v) is 5.50. The number of halogens is 1. The van der Waals surface area contributed by atoms with Gasteiger partial charge in [0.15, 0.2) is 0 Å². The van der Waals surface area contributed by atoms with Crippen LogP contribution in [0.2, 0.25) is 5.02 Å². The maximum atomic E-state index is 6.24. The van der Waals surface area contributed by atoms with Crippen molar-refractivity contribution in [3.63, 3.8) is 0 Å². The SMILES string of the molecule is Clc1ccccc1CN1CCOC(c2ccccc2)C1. The highest BCUT2D eigenvalue weighted by Gasteiger charge is 2.22. The van der Waals surface area contributed by atoms with Crippen molar-refractivity contribution in [1.82, 2.24) is 4.90 Å².